The van der Waals surface area contributed by atoms with E-state index in [2.05, 4.69) is 10.1 Å². The zero-order chi connectivity index (χ0) is 18.7. The number of hydrogen-bond donors (Lipinski definition) is 0. The van der Waals surface area contributed by atoms with Gasteiger partial charge in [-0.1, -0.05) is 5.16 Å². The molecule has 27 heavy (non-hydrogen) atoms. The third kappa shape index (κ3) is 4.06. The van der Waals surface area contributed by atoms with Gasteiger partial charge >= 0.3 is 0 Å². The van der Waals surface area contributed by atoms with Crippen LogP contribution in [0.1, 0.15) is 48.0 Å². The topological polar surface area (TPSA) is 90.8 Å². The van der Waals surface area contributed by atoms with E-state index in [9.17, 15) is 4.79 Å². The monoisotopic (exact) mass is 375 g/mol. The Hall–Kier alpha value is -2.19. The number of carbonyl (C=O) groups excluding carboxylic acids is 1. The number of methoxy groups -OCH3 is 1. The third-order valence-electron chi connectivity index (χ3n) is 5.54. The second kappa shape index (κ2) is 7.82. The third-order valence-corrected chi connectivity index (χ3v) is 5.54. The van der Waals surface area contributed by atoms with Crippen molar-refractivity contribution < 1.29 is 23.2 Å². The van der Waals surface area contributed by atoms with Crippen LogP contribution in [-0.2, 0) is 22.5 Å². The van der Waals surface area contributed by atoms with Gasteiger partial charge in [-0.05, 0) is 43.7 Å². The van der Waals surface area contributed by atoms with E-state index >= 15 is 0 Å². The van der Waals surface area contributed by atoms with Crippen molar-refractivity contribution in [3.05, 3.63) is 35.9 Å². The summed E-state index contributed by atoms with van der Waals surface area (Å²) in [6, 6.07) is 3.45. The maximum atomic E-state index is 12.4. The average molecular weight is 375 g/mol. The van der Waals surface area contributed by atoms with E-state index in [1.165, 1.54) is 6.26 Å². The van der Waals surface area contributed by atoms with Crippen molar-refractivity contribution in [3.63, 3.8) is 0 Å². The normalized spacial score (nSPS) is 22.3. The van der Waals surface area contributed by atoms with Crippen molar-refractivity contribution in [1.29, 1.82) is 0 Å². The highest BCUT2D eigenvalue weighted by Gasteiger charge is 2.41. The Morgan fingerprint density at radius 3 is 3.00 bits per heavy atom. The number of amides is 1. The van der Waals surface area contributed by atoms with Crippen molar-refractivity contribution in [1.82, 2.24) is 15.0 Å². The van der Waals surface area contributed by atoms with Crippen LogP contribution >= 0.6 is 0 Å². The van der Waals surface area contributed by atoms with Gasteiger partial charge in [-0.3, -0.25) is 4.79 Å². The number of hydrogen-bond acceptors (Lipinski definition) is 7. The van der Waals surface area contributed by atoms with E-state index in [1.54, 1.807) is 19.2 Å². The molecule has 2 saturated heterocycles. The van der Waals surface area contributed by atoms with E-state index in [0.717, 1.165) is 38.7 Å². The van der Waals surface area contributed by atoms with Crippen LogP contribution in [0.25, 0.3) is 0 Å². The first-order valence-electron chi connectivity index (χ1n) is 9.45. The molecular formula is C19H25N3O5. The first-order chi connectivity index (χ1) is 13.2. The molecule has 0 saturated carbocycles. The molecule has 146 valence electrons. The predicted molar refractivity (Wildman–Crippen MR) is 94.0 cm³/mol. The van der Waals surface area contributed by atoms with Crippen LogP contribution in [0.2, 0.25) is 0 Å². The summed E-state index contributed by atoms with van der Waals surface area (Å²) in [5.41, 5.74) is -0.155. The first kappa shape index (κ1) is 18.2. The van der Waals surface area contributed by atoms with E-state index < -0.39 is 0 Å². The molecule has 0 aromatic carbocycles. The molecule has 1 spiro atoms. The molecule has 0 aliphatic carbocycles. The molecule has 2 aromatic rings. The first-order valence-corrected chi connectivity index (χ1v) is 9.45. The van der Waals surface area contributed by atoms with Crippen molar-refractivity contribution in [3.8, 4) is 0 Å². The summed E-state index contributed by atoms with van der Waals surface area (Å²) in [5, 5.41) is 3.93. The summed E-state index contributed by atoms with van der Waals surface area (Å²) in [6.45, 7) is 2.46. The van der Waals surface area contributed by atoms with E-state index in [-0.39, 0.29) is 11.5 Å². The number of ether oxygens (including phenoxy) is 2. The quantitative estimate of drug-likeness (QED) is 0.793. The molecule has 8 heteroatoms. The fraction of sp³-hybridized carbons (Fsp3) is 0.632. The van der Waals surface area contributed by atoms with Gasteiger partial charge in [0.2, 0.25) is 5.89 Å². The lowest BCUT2D eigenvalue weighted by Crippen LogP contribution is -2.51. The van der Waals surface area contributed by atoms with Gasteiger partial charge in [-0.2, -0.15) is 4.98 Å². The zero-order valence-corrected chi connectivity index (χ0v) is 15.6. The van der Waals surface area contributed by atoms with Crippen LogP contribution in [0.3, 0.4) is 0 Å². The number of furan rings is 1. The van der Waals surface area contributed by atoms with Crippen molar-refractivity contribution >= 4 is 5.91 Å². The smallest absolute Gasteiger partial charge is 0.289 e. The molecule has 0 N–H and O–H groups in total. The maximum Gasteiger partial charge on any atom is 0.289 e. The van der Waals surface area contributed by atoms with E-state index in [4.69, 9.17) is 18.4 Å². The van der Waals surface area contributed by atoms with E-state index in [1.807, 2.05) is 4.90 Å². The molecule has 0 radical (unpaired) electrons. The molecule has 4 rings (SSSR count). The summed E-state index contributed by atoms with van der Waals surface area (Å²) in [6.07, 6.45) is 5.92. The SMILES string of the molecule is COCc1noc(CC2CCOC3(CCN(C(=O)c4ccco4)CC3)C2)n1. The molecule has 2 aliphatic heterocycles. The Morgan fingerprint density at radius 1 is 1.41 bits per heavy atom. The minimum atomic E-state index is -0.155. The summed E-state index contributed by atoms with van der Waals surface area (Å²) >= 11 is 0. The standard InChI is InChI=1S/C19H25N3O5/c1-24-13-16-20-17(27-21-16)11-14-4-10-26-19(12-14)5-7-22(8-6-19)18(23)15-3-2-9-25-15/h2-3,9,14H,4-8,10-13H2,1H3. The van der Waals surface area contributed by atoms with E-state index in [0.29, 0.717) is 43.1 Å². The van der Waals surface area contributed by atoms with Gasteiger partial charge in [0.25, 0.3) is 5.91 Å². The molecular weight excluding hydrogens is 350 g/mol. The fourth-order valence-electron chi connectivity index (χ4n) is 4.13. The van der Waals surface area contributed by atoms with Crippen LogP contribution in [0.4, 0.5) is 0 Å². The van der Waals surface area contributed by atoms with Crippen molar-refractivity contribution in [2.75, 3.05) is 26.8 Å². The Balaban J connectivity index is 1.33. The van der Waals surface area contributed by atoms with Crippen LogP contribution < -0.4 is 0 Å². The summed E-state index contributed by atoms with van der Waals surface area (Å²) in [5.74, 6) is 2.05. The highest BCUT2D eigenvalue weighted by Crippen LogP contribution is 2.39. The lowest BCUT2D eigenvalue weighted by Gasteiger charge is -2.46. The Kier molecular flexibility index (Phi) is 5.27. The summed E-state index contributed by atoms with van der Waals surface area (Å²) < 4.78 is 21.8. The van der Waals surface area contributed by atoms with Crippen LogP contribution in [0.15, 0.2) is 27.3 Å². The molecule has 1 unspecified atom stereocenters. The lowest BCUT2D eigenvalue weighted by molar-refractivity contribution is -0.124. The number of piperidine rings is 1. The van der Waals surface area contributed by atoms with Crippen LogP contribution in [-0.4, -0.2) is 53.4 Å². The van der Waals surface area contributed by atoms with Crippen LogP contribution in [0.5, 0.6) is 0 Å². The molecule has 1 amide bonds. The van der Waals surface area contributed by atoms with Crippen LogP contribution in [0, 0.1) is 5.92 Å². The van der Waals surface area contributed by atoms with Gasteiger partial charge in [0.05, 0.1) is 11.9 Å². The average Bonchev–Trinajstić information content (AvgIpc) is 3.35. The molecule has 2 aliphatic rings. The largest absolute Gasteiger partial charge is 0.459 e. The number of likely N-dealkylation sites (tertiary alicyclic amines) is 1. The number of rotatable bonds is 5. The molecule has 1 atom stereocenters. The molecule has 2 aromatic heterocycles. The predicted octanol–water partition coefficient (Wildman–Crippen LogP) is 2.45. The Labute approximate surface area is 157 Å². The van der Waals surface area contributed by atoms with Crippen molar-refractivity contribution in [2.24, 2.45) is 5.92 Å². The second-order valence-electron chi connectivity index (χ2n) is 7.40. The molecule has 2 fully saturated rings. The van der Waals surface area contributed by atoms with Gasteiger partial charge in [0, 0.05) is 33.2 Å². The van der Waals surface area contributed by atoms with Crippen molar-refractivity contribution in [2.45, 2.75) is 44.3 Å². The summed E-state index contributed by atoms with van der Waals surface area (Å²) in [4.78, 5) is 18.7. The lowest BCUT2D eigenvalue weighted by atomic mass is 9.78. The molecule has 0 bridgehead atoms. The second-order valence-corrected chi connectivity index (χ2v) is 7.40. The maximum absolute atomic E-state index is 12.4. The molecule has 8 nitrogen and oxygen atoms in total. The van der Waals surface area contributed by atoms with Gasteiger partial charge in [-0.25, -0.2) is 0 Å². The van der Waals surface area contributed by atoms with Gasteiger partial charge in [-0.15, -0.1) is 0 Å². The highest BCUT2D eigenvalue weighted by atomic mass is 16.5. The fourth-order valence-corrected chi connectivity index (χ4v) is 4.13. The Bertz CT molecular complexity index is 749. The van der Waals surface area contributed by atoms with Gasteiger partial charge in [0.1, 0.15) is 6.61 Å². The zero-order valence-electron chi connectivity index (χ0n) is 15.6. The minimum absolute atomic E-state index is 0.0428. The summed E-state index contributed by atoms with van der Waals surface area (Å²) in [7, 11) is 1.61. The highest BCUT2D eigenvalue weighted by molar-refractivity contribution is 5.91. The number of nitrogens with zero attached hydrogens (tertiary/aromatic N) is 3. The molecule has 4 heterocycles. The number of carbonyl (C=O) groups is 1. The Morgan fingerprint density at radius 2 is 2.26 bits per heavy atom. The minimum Gasteiger partial charge on any atom is -0.459 e. The number of aromatic nitrogens is 2. The van der Waals surface area contributed by atoms with Gasteiger partial charge < -0.3 is 23.3 Å². The van der Waals surface area contributed by atoms with Gasteiger partial charge in [0.15, 0.2) is 11.6 Å².